The monoisotopic (exact) mass is 156 g/mol. The first kappa shape index (κ1) is 10.5. The van der Waals surface area contributed by atoms with Gasteiger partial charge in [-0.2, -0.15) is 0 Å². The molecule has 0 aliphatic rings. The lowest BCUT2D eigenvalue weighted by molar-refractivity contribution is 0.474. The van der Waals surface area contributed by atoms with Crippen LogP contribution >= 0.6 is 0 Å². The van der Waals surface area contributed by atoms with E-state index >= 15 is 0 Å². The maximum absolute atomic E-state index is 7.02. The molecule has 2 nitrogen and oxygen atoms in total. The zero-order valence-electron chi connectivity index (χ0n) is 7.69. The Morgan fingerprint density at radius 3 is 2.55 bits per heavy atom. The summed E-state index contributed by atoms with van der Waals surface area (Å²) < 4.78 is 0. The molecule has 0 aromatic carbocycles. The average Bonchev–Trinajstić information content (AvgIpc) is 1.87. The van der Waals surface area contributed by atoms with Crippen LogP contribution in [0.15, 0.2) is 0 Å². The number of rotatable bonds is 6. The van der Waals surface area contributed by atoms with E-state index in [9.17, 15) is 0 Å². The highest BCUT2D eigenvalue weighted by Gasteiger charge is 2.00. The molecule has 0 saturated carbocycles. The van der Waals surface area contributed by atoms with Gasteiger partial charge in [0.2, 0.25) is 0 Å². The topological polar surface area (TPSA) is 49.9 Å². The summed E-state index contributed by atoms with van der Waals surface area (Å²) in [6.07, 6.45) is 5.64. The summed E-state index contributed by atoms with van der Waals surface area (Å²) in [6.45, 7) is 4.48. The molecule has 1 unspecified atom stereocenters. The van der Waals surface area contributed by atoms with Crippen molar-refractivity contribution in [1.82, 2.24) is 0 Å². The van der Waals surface area contributed by atoms with E-state index < -0.39 is 0 Å². The number of amidine groups is 1. The molecular weight excluding hydrogens is 136 g/mol. The lowest BCUT2D eigenvalue weighted by Crippen LogP contribution is -2.09. The fourth-order valence-electron chi connectivity index (χ4n) is 1.28. The molecule has 0 spiro atoms. The van der Waals surface area contributed by atoms with Crippen LogP contribution in [0, 0.1) is 11.3 Å². The lowest BCUT2D eigenvalue weighted by Gasteiger charge is -2.08. The Labute approximate surface area is 69.7 Å². The zero-order chi connectivity index (χ0) is 8.69. The molecule has 2 heteroatoms. The van der Waals surface area contributed by atoms with Crippen LogP contribution in [0.2, 0.25) is 0 Å². The van der Waals surface area contributed by atoms with Crippen LogP contribution in [0.5, 0.6) is 0 Å². The molecule has 0 amide bonds. The number of nitrogens with one attached hydrogen (secondary N) is 1. The molecule has 0 aliphatic carbocycles. The van der Waals surface area contributed by atoms with Gasteiger partial charge in [0.25, 0.3) is 0 Å². The van der Waals surface area contributed by atoms with Crippen molar-refractivity contribution in [3.05, 3.63) is 0 Å². The number of hydrogen-bond acceptors (Lipinski definition) is 1. The molecule has 0 saturated heterocycles. The molecular formula is C9H20N2. The first-order valence-electron chi connectivity index (χ1n) is 4.49. The molecule has 3 N–H and O–H groups in total. The van der Waals surface area contributed by atoms with Gasteiger partial charge < -0.3 is 5.73 Å². The molecule has 0 aliphatic heterocycles. The van der Waals surface area contributed by atoms with Gasteiger partial charge in [-0.25, -0.2) is 0 Å². The van der Waals surface area contributed by atoms with Crippen molar-refractivity contribution in [3.63, 3.8) is 0 Å². The highest BCUT2D eigenvalue weighted by molar-refractivity contribution is 5.76. The van der Waals surface area contributed by atoms with Gasteiger partial charge in [-0.3, -0.25) is 5.41 Å². The van der Waals surface area contributed by atoms with Gasteiger partial charge in [0, 0.05) is 6.42 Å². The van der Waals surface area contributed by atoms with E-state index in [0.29, 0.717) is 5.84 Å². The first-order valence-corrected chi connectivity index (χ1v) is 4.49. The van der Waals surface area contributed by atoms with E-state index in [2.05, 4.69) is 13.8 Å². The highest BCUT2D eigenvalue weighted by atomic mass is 14.7. The minimum Gasteiger partial charge on any atom is -0.388 e. The SMILES string of the molecule is CCCC(C)CCCC(=N)N. The quantitative estimate of drug-likeness (QED) is 0.450. The molecule has 1 atom stereocenters. The standard InChI is InChI=1S/C9H20N2/c1-3-5-8(2)6-4-7-9(10)11/h8H,3-7H2,1-2H3,(H3,10,11). The van der Waals surface area contributed by atoms with Crippen LogP contribution in [0.3, 0.4) is 0 Å². The van der Waals surface area contributed by atoms with Crippen molar-refractivity contribution >= 4 is 5.84 Å². The van der Waals surface area contributed by atoms with E-state index in [1.165, 1.54) is 19.3 Å². The Morgan fingerprint density at radius 2 is 2.09 bits per heavy atom. The van der Waals surface area contributed by atoms with Crippen LogP contribution in [-0.2, 0) is 0 Å². The molecule has 0 fully saturated rings. The maximum atomic E-state index is 7.02. The van der Waals surface area contributed by atoms with Gasteiger partial charge in [0.1, 0.15) is 0 Å². The second-order valence-corrected chi connectivity index (χ2v) is 3.31. The predicted octanol–water partition coefficient (Wildman–Crippen LogP) is 2.53. The summed E-state index contributed by atoms with van der Waals surface area (Å²) >= 11 is 0. The van der Waals surface area contributed by atoms with Crippen LogP contribution in [0.25, 0.3) is 0 Å². The van der Waals surface area contributed by atoms with Gasteiger partial charge in [0.15, 0.2) is 0 Å². The normalized spacial score (nSPS) is 12.9. The molecule has 0 radical (unpaired) electrons. The van der Waals surface area contributed by atoms with Crippen LogP contribution in [0.1, 0.15) is 46.0 Å². The summed E-state index contributed by atoms with van der Waals surface area (Å²) in [4.78, 5) is 0. The molecule has 0 bridgehead atoms. The Bertz CT molecular complexity index is 110. The molecule has 0 aromatic heterocycles. The Balaban J connectivity index is 3.16. The van der Waals surface area contributed by atoms with Crippen molar-refractivity contribution in [3.8, 4) is 0 Å². The van der Waals surface area contributed by atoms with E-state index in [1.54, 1.807) is 0 Å². The summed E-state index contributed by atoms with van der Waals surface area (Å²) in [6, 6.07) is 0. The van der Waals surface area contributed by atoms with Crippen LogP contribution in [0.4, 0.5) is 0 Å². The van der Waals surface area contributed by atoms with Gasteiger partial charge in [0.05, 0.1) is 5.84 Å². The minimum absolute atomic E-state index is 0.327. The molecule has 0 aromatic rings. The third-order valence-corrected chi connectivity index (χ3v) is 1.92. The number of hydrogen-bond donors (Lipinski definition) is 2. The predicted molar refractivity (Wildman–Crippen MR) is 49.8 cm³/mol. The fraction of sp³-hybridized carbons (Fsp3) is 0.889. The summed E-state index contributed by atoms with van der Waals surface area (Å²) in [5.74, 6) is 1.13. The van der Waals surface area contributed by atoms with Crippen molar-refractivity contribution in [2.45, 2.75) is 46.0 Å². The third-order valence-electron chi connectivity index (χ3n) is 1.92. The first-order chi connectivity index (χ1) is 5.16. The fourth-order valence-corrected chi connectivity index (χ4v) is 1.28. The van der Waals surface area contributed by atoms with Crippen LogP contribution < -0.4 is 5.73 Å². The molecule has 0 heterocycles. The lowest BCUT2D eigenvalue weighted by atomic mass is 9.99. The maximum Gasteiger partial charge on any atom is 0.0905 e. The van der Waals surface area contributed by atoms with Gasteiger partial charge in [-0.15, -0.1) is 0 Å². The van der Waals surface area contributed by atoms with Gasteiger partial charge in [-0.1, -0.05) is 33.1 Å². The van der Waals surface area contributed by atoms with Crippen LogP contribution in [-0.4, -0.2) is 5.84 Å². The van der Waals surface area contributed by atoms with Crippen molar-refractivity contribution in [2.24, 2.45) is 11.7 Å². The summed E-state index contributed by atoms with van der Waals surface area (Å²) in [5.41, 5.74) is 5.24. The summed E-state index contributed by atoms with van der Waals surface area (Å²) in [5, 5.41) is 7.02. The largest absolute Gasteiger partial charge is 0.388 e. The van der Waals surface area contributed by atoms with Crippen molar-refractivity contribution in [2.75, 3.05) is 0 Å². The van der Waals surface area contributed by atoms with Crippen molar-refractivity contribution in [1.29, 1.82) is 5.41 Å². The van der Waals surface area contributed by atoms with Gasteiger partial charge >= 0.3 is 0 Å². The second kappa shape index (κ2) is 6.20. The molecule has 0 rings (SSSR count). The second-order valence-electron chi connectivity index (χ2n) is 3.31. The molecule has 11 heavy (non-hydrogen) atoms. The average molecular weight is 156 g/mol. The van der Waals surface area contributed by atoms with E-state index in [1.807, 2.05) is 0 Å². The number of nitrogens with two attached hydrogens (primary N) is 1. The Hall–Kier alpha value is -0.530. The zero-order valence-corrected chi connectivity index (χ0v) is 7.69. The third kappa shape index (κ3) is 7.37. The van der Waals surface area contributed by atoms with E-state index in [0.717, 1.165) is 18.8 Å². The Kier molecular flexibility index (Phi) is 5.90. The minimum atomic E-state index is 0.327. The highest BCUT2D eigenvalue weighted by Crippen LogP contribution is 2.12. The summed E-state index contributed by atoms with van der Waals surface area (Å²) in [7, 11) is 0. The van der Waals surface area contributed by atoms with Gasteiger partial charge in [-0.05, 0) is 12.3 Å². The molecule has 66 valence electrons. The van der Waals surface area contributed by atoms with Crippen molar-refractivity contribution < 1.29 is 0 Å². The Morgan fingerprint density at radius 1 is 1.45 bits per heavy atom. The van der Waals surface area contributed by atoms with E-state index in [-0.39, 0.29) is 0 Å². The smallest absolute Gasteiger partial charge is 0.0905 e. The van der Waals surface area contributed by atoms with E-state index in [4.69, 9.17) is 11.1 Å².